The first-order chi connectivity index (χ1) is 9.53. The van der Waals surface area contributed by atoms with E-state index in [0.29, 0.717) is 37.1 Å². The summed E-state index contributed by atoms with van der Waals surface area (Å²) in [4.78, 5) is 3.69. The number of nitrogens with one attached hydrogen (secondary N) is 2. The monoisotopic (exact) mass is 319 g/mol. The lowest BCUT2D eigenvalue weighted by atomic mass is 10.3. The van der Waals surface area contributed by atoms with Gasteiger partial charge in [-0.3, -0.25) is 0 Å². The van der Waals surface area contributed by atoms with Crippen molar-refractivity contribution >= 4 is 21.4 Å². The van der Waals surface area contributed by atoms with Crippen LogP contribution in [0.1, 0.15) is 17.4 Å². The molecule has 0 aliphatic carbocycles. The van der Waals surface area contributed by atoms with Crippen molar-refractivity contribution in [1.82, 2.24) is 15.2 Å². The Hall–Kier alpha value is -0.510. The van der Waals surface area contributed by atoms with Gasteiger partial charge >= 0.3 is 0 Å². The van der Waals surface area contributed by atoms with E-state index < -0.39 is 10.0 Å². The van der Waals surface area contributed by atoms with Gasteiger partial charge in [0, 0.05) is 24.5 Å². The number of thiophene rings is 1. The average molecular weight is 319 g/mol. The van der Waals surface area contributed by atoms with Gasteiger partial charge in [0.25, 0.3) is 10.0 Å². The summed E-state index contributed by atoms with van der Waals surface area (Å²) in [5, 5.41) is 4.91. The van der Waals surface area contributed by atoms with Crippen molar-refractivity contribution in [1.29, 1.82) is 0 Å². The highest BCUT2D eigenvalue weighted by Gasteiger charge is 2.22. The minimum Gasteiger partial charge on any atom is -0.379 e. The second-order valence-corrected chi connectivity index (χ2v) is 7.67. The fourth-order valence-corrected chi connectivity index (χ4v) is 4.57. The second-order valence-electron chi connectivity index (χ2n) is 4.65. The number of hydrogen-bond acceptors (Lipinski definition) is 6. The van der Waals surface area contributed by atoms with Gasteiger partial charge in [-0.05, 0) is 25.1 Å². The number of aryl methyl sites for hydroxylation is 1. The first-order valence-corrected chi connectivity index (χ1v) is 8.98. The van der Waals surface area contributed by atoms with Crippen molar-refractivity contribution in [2.75, 3.05) is 32.8 Å². The van der Waals surface area contributed by atoms with Crippen LogP contribution in [0.25, 0.3) is 0 Å². The minimum absolute atomic E-state index is 0.370. The topological polar surface area (TPSA) is 70.7 Å². The Balaban J connectivity index is 2.08. The van der Waals surface area contributed by atoms with Crippen molar-refractivity contribution in [2.45, 2.75) is 24.6 Å². The average Bonchev–Trinajstić information content (AvgIpc) is 2.79. The van der Waals surface area contributed by atoms with Crippen LogP contribution in [0.5, 0.6) is 0 Å². The molecule has 0 saturated carbocycles. The molecule has 2 N–H and O–H groups in total. The molecule has 0 spiro atoms. The van der Waals surface area contributed by atoms with Gasteiger partial charge in [-0.1, -0.05) is 6.92 Å². The molecule has 6 nitrogen and oxygen atoms in total. The number of morpholine rings is 1. The number of hydrazine groups is 1. The van der Waals surface area contributed by atoms with Crippen molar-refractivity contribution in [2.24, 2.45) is 0 Å². The molecule has 0 amide bonds. The number of nitrogens with zero attached hydrogens (tertiary/aromatic N) is 1. The van der Waals surface area contributed by atoms with Crippen LogP contribution in [-0.4, -0.2) is 46.3 Å². The first-order valence-electron chi connectivity index (χ1n) is 6.68. The lowest BCUT2D eigenvalue weighted by Gasteiger charge is -2.26. The van der Waals surface area contributed by atoms with Crippen molar-refractivity contribution in [3.05, 3.63) is 16.5 Å². The third kappa shape index (κ3) is 4.00. The maximum Gasteiger partial charge on any atom is 0.262 e. The Morgan fingerprint density at radius 3 is 2.75 bits per heavy atom. The molecule has 1 aliphatic heterocycles. The van der Waals surface area contributed by atoms with Crippen molar-refractivity contribution in [3.8, 4) is 0 Å². The van der Waals surface area contributed by atoms with Gasteiger partial charge in [-0.25, -0.2) is 13.4 Å². The summed E-state index contributed by atoms with van der Waals surface area (Å²) in [6, 6.07) is 1.74. The van der Waals surface area contributed by atoms with Crippen LogP contribution in [0.4, 0.5) is 0 Å². The normalized spacial score (nSPS) is 17.5. The van der Waals surface area contributed by atoms with Gasteiger partial charge in [0.1, 0.15) is 4.21 Å². The van der Waals surface area contributed by atoms with Crippen LogP contribution in [-0.2, 0) is 21.3 Å². The zero-order valence-electron chi connectivity index (χ0n) is 11.8. The van der Waals surface area contributed by atoms with E-state index in [0.717, 1.165) is 17.0 Å². The predicted molar refractivity (Wildman–Crippen MR) is 79.2 cm³/mol. The van der Waals surface area contributed by atoms with Gasteiger partial charge < -0.3 is 10.1 Å². The Bertz CT molecular complexity index is 536. The zero-order valence-corrected chi connectivity index (χ0v) is 13.4. The van der Waals surface area contributed by atoms with E-state index in [1.165, 1.54) is 11.3 Å². The second kappa shape index (κ2) is 6.97. The first kappa shape index (κ1) is 15.9. The number of hydrogen-bond donors (Lipinski definition) is 2. The number of ether oxygens (including phenoxy) is 1. The summed E-state index contributed by atoms with van der Waals surface area (Å²) in [6.07, 6.45) is 0. The molecule has 0 unspecified atom stereocenters. The molecular weight excluding hydrogens is 298 g/mol. The highest BCUT2D eigenvalue weighted by molar-refractivity contribution is 7.91. The van der Waals surface area contributed by atoms with Crippen LogP contribution in [0.2, 0.25) is 0 Å². The Morgan fingerprint density at radius 2 is 2.10 bits per heavy atom. The summed E-state index contributed by atoms with van der Waals surface area (Å²) < 4.78 is 30.2. The van der Waals surface area contributed by atoms with Crippen LogP contribution in [0.15, 0.2) is 10.3 Å². The molecule has 0 bridgehead atoms. The lowest BCUT2D eigenvalue weighted by Crippen LogP contribution is -2.48. The molecular formula is C12H21N3O3S2. The van der Waals surface area contributed by atoms with E-state index in [1.54, 1.807) is 11.1 Å². The van der Waals surface area contributed by atoms with Crippen LogP contribution in [0, 0.1) is 6.92 Å². The molecule has 20 heavy (non-hydrogen) atoms. The van der Waals surface area contributed by atoms with Crippen LogP contribution >= 0.6 is 11.3 Å². The predicted octanol–water partition coefficient (Wildman–Crippen LogP) is 0.692. The molecule has 1 fully saturated rings. The molecule has 1 aromatic rings. The molecule has 0 aromatic carbocycles. The quantitative estimate of drug-likeness (QED) is 0.807. The van der Waals surface area contributed by atoms with E-state index in [9.17, 15) is 8.42 Å². The van der Waals surface area contributed by atoms with Gasteiger partial charge in [0.05, 0.1) is 13.2 Å². The Kier molecular flexibility index (Phi) is 5.53. The molecule has 114 valence electrons. The van der Waals surface area contributed by atoms with Gasteiger partial charge in [0.15, 0.2) is 0 Å². The minimum atomic E-state index is -3.48. The fraction of sp³-hybridized carbons (Fsp3) is 0.667. The Morgan fingerprint density at radius 1 is 1.40 bits per heavy atom. The van der Waals surface area contributed by atoms with Crippen LogP contribution in [0.3, 0.4) is 0 Å². The van der Waals surface area contributed by atoms with Crippen molar-refractivity contribution < 1.29 is 13.2 Å². The maximum atomic E-state index is 12.3. The lowest BCUT2D eigenvalue weighted by molar-refractivity contribution is 0.0272. The van der Waals surface area contributed by atoms with E-state index in [4.69, 9.17) is 4.74 Å². The molecule has 8 heteroatoms. The van der Waals surface area contributed by atoms with E-state index >= 15 is 0 Å². The molecule has 0 radical (unpaired) electrons. The summed E-state index contributed by atoms with van der Waals surface area (Å²) in [6.45, 7) is 7.81. The molecule has 1 aliphatic rings. The number of rotatable bonds is 6. The summed E-state index contributed by atoms with van der Waals surface area (Å²) >= 11 is 1.32. The standard InChI is InChI=1S/C12H21N3O3S2/c1-3-13-9-11-10(2)8-12(19-11)20(16,17)14-15-4-6-18-7-5-15/h8,13-14H,3-7,9H2,1-2H3. The van der Waals surface area contributed by atoms with Crippen molar-refractivity contribution in [3.63, 3.8) is 0 Å². The van der Waals surface area contributed by atoms with E-state index in [2.05, 4.69) is 10.1 Å². The maximum absolute atomic E-state index is 12.3. The highest BCUT2D eigenvalue weighted by atomic mass is 32.2. The third-order valence-electron chi connectivity index (χ3n) is 3.06. The molecule has 2 heterocycles. The van der Waals surface area contributed by atoms with Crippen LogP contribution < -0.4 is 10.1 Å². The highest BCUT2D eigenvalue weighted by Crippen LogP contribution is 2.26. The number of sulfonamides is 1. The molecule has 0 atom stereocenters. The summed E-state index contributed by atoms with van der Waals surface area (Å²) in [5.74, 6) is 0. The molecule has 2 rings (SSSR count). The van der Waals surface area contributed by atoms with Gasteiger partial charge in [-0.2, -0.15) is 0 Å². The molecule has 1 aromatic heterocycles. The largest absolute Gasteiger partial charge is 0.379 e. The van der Waals surface area contributed by atoms with Gasteiger partial charge in [-0.15, -0.1) is 16.2 Å². The molecule has 1 saturated heterocycles. The SMILES string of the molecule is CCNCc1sc(S(=O)(=O)NN2CCOCC2)cc1C. The third-order valence-corrected chi connectivity index (χ3v) is 6.14. The van der Waals surface area contributed by atoms with E-state index in [-0.39, 0.29) is 0 Å². The Labute approximate surface area is 124 Å². The zero-order chi connectivity index (χ0) is 14.6. The van der Waals surface area contributed by atoms with Gasteiger partial charge in [0.2, 0.25) is 0 Å². The summed E-state index contributed by atoms with van der Waals surface area (Å²) in [5.41, 5.74) is 1.01. The fourth-order valence-electron chi connectivity index (χ4n) is 1.90. The smallest absolute Gasteiger partial charge is 0.262 e. The summed E-state index contributed by atoms with van der Waals surface area (Å²) in [7, 11) is -3.48. The van der Waals surface area contributed by atoms with E-state index in [1.807, 2.05) is 13.8 Å².